The lowest BCUT2D eigenvalue weighted by Crippen LogP contribution is -2.51. The van der Waals surface area contributed by atoms with E-state index in [9.17, 15) is 9.59 Å². The van der Waals surface area contributed by atoms with Gasteiger partial charge < -0.3 is 14.6 Å². The number of anilines is 1. The lowest BCUT2D eigenvalue weighted by molar-refractivity contribution is -0.123. The van der Waals surface area contributed by atoms with Crippen LogP contribution in [0.5, 0.6) is 0 Å². The summed E-state index contributed by atoms with van der Waals surface area (Å²) in [5, 5.41) is 5.34. The van der Waals surface area contributed by atoms with Crippen molar-refractivity contribution in [3.8, 4) is 0 Å². The number of halogens is 1. The van der Waals surface area contributed by atoms with E-state index in [1.54, 1.807) is 6.07 Å². The van der Waals surface area contributed by atoms with Crippen LogP contribution in [0, 0.1) is 0 Å². The van der Waals surface area contributed by atoms with E-state index in [0.29, 0.717) is 13.1 Å². The van der Waals surface area contributed by atoms with Gasteiger partial charge in [0.2, 0.25) is 11.8 Å². The van der Waals surface area contributed by atoms with Crippen LogP contribution < -0.4 is 10.6 Å². The van der Waals surface area contributed by atoms with E-state index in [4.69, 9.17) is 16.0 Å². The standard InChI is InChI=1S/C9H10ClN3O3/c10-6-1-2-8(16-6)12-9(15)13-4-3-11-7(14)5-13/h1-2H,3-5H2,(H,11,14)(H,12,15). The molecule has 7 heteroatoms. The molecule has 0 aromatic carbocycles. The molecule has 0 bridgehead atoms. The van der Waals surface area contributed by atoms with Crippen molar-refractivity contribution in [2.45, 2.75) is 0 Å². The van der Waals surface area contributed by atoms with Crippen molar-refractivity contribution in [2.24, 2.45) is 0 Å². The first kappa shape index (κ1) is 10.8. The molecule has 0 saturated carbocycles. The SMILES string of the molecule is O=C1CN(C(=O)Nc2ccc(Cl)o2)CCN1. The van der Waals surface area contributed by atoms with E-state index < -0.39 is 0 Å². The zero-order valence-electron chi connectivity index (χ0n) is 8.33. The van der Waals surface area contributed by atoms with Crippen molar-refractivity contribution < 1.29 is 14.0 Å². The summed E-state index contributed by atoms with van der Waals surface area (Å²) in [5.41, 5.74) is 0. The third kappa shape index (κ3) is 2.46. The van der Waals surface area contributed by atoms with Crippen LogP contribution in [-0.4, -0.2) is 36.5 Å². The molecule has 1 aliphatic heterocycles. The van der Waals surface area contributed by atoms with Crippen LogP contribution in [0.4, 0.5) is 10.7 Å². The van der Waals surface area contributed by atoms with Crippen molar-refractivity contribution >= 4 is 29.4 Å². The van der Waals surface area contributed by atoms with Crippen molar-refractivity contribution in [3.05, 3.63) is 17.4 Å². The van der Waals surface area contributed by atoms with Gasteiger partial charge in [0.05, 0.1) is 0 Å². The fourth-order valence-corrected chi connectivity index (χ4v) is 1.52. The quantitative estimate of drug-likeness (QED) is 0.770. The molecule has 2 heterocycles. The minimum absolute atomic E-state index is 0.0558. The maximum absolute atomic E-state index is 11.7. The zero-order valence-corrected chi connectivity index (χ0v) is 9.08. The van der Waals surface area contributed by atoms with Crippen LogP contribution in [0.15, 0.2) is 16.5 Å². The number of amides is 3. The predicted octanol–water partition coefficient (Wildman–Crippen LogP) is 0.897. The Morgan fingerprint density at radius 1 is 1.56 bits per heavy atom. The van der Waals surface area contributed by atoms with Crippen LogP contribution in [0.3, 0.4) is 0 Å². The van der Waals surface area contributed by atoms with Gasteiger partial charge in [0, 0.05) is 19.2 Å². The van der Waals surface area contributed by atoms with Crippen LogP contribution >= 0.6 is 11.6 Å². The predicted molar refractivity (Wildman–Crippen MR) is 57.3 cm³/mol. The number of furan rings is 1. The summed E-state index contributed by atoms with van der Waals surface area (Å²) in [5.74, 6) is 0.0971. The molecule has 1 aliphatic rings. The summed E-state index contributed by atoms with van der Waals surface area (Å²) in [7, 11) is 0. The number of rotatable bonds is 1. The molecule has 0 radical (unpaired) electrons. The summed E-state index contributed by atoms with van der Waals surface area (Å²) < 4.78 is 4.98. The fourth-order valence-electron chi connectivity index (χ4n) is 1.38. The Morgan fingerprint density at radius 3 is 3.00 bits per heavy atom. The smallest absolute Gasteiger partial charge is 0.324 e. The highest BCUT2D eigenvalue weighted by molar-refractivity contribution is 6.29. The molecule has 2 N–H and O–H groups in total. The summed E-state index contributed by atoms with van der Waals surface area (Å²) in [6.45, 7) is 0.997. The molecule has 1 aromatic rings. The number of nitrogens with one attached hydrogen (secondary N) is 2. The number of piperazine rings is 1. The number of nitrogens with zero attached hydrogens (tertiary/aromatic N) is 1. The molecule has 0 spiro atoms. The van der Waals surface area contributed by atoms with E-state index in [-0.39, 0.29) is 29.6 Å². The Labute approximate surface area is 96.5 Å². The third-order valence-corrected chi connectivity index (χ3v) is 2.33. The maximum Gasteiger partial charge on any atom is 0.324 e. The van der Waals surface area contributed by atoms with Crippen molar-refractivity contribution in [3.63, 3.8) is 0 Å². The van der Waals surface area contributed by atoms with Gasteiger partial charge in [0.15, 0.2) is 5.22 Å². The second-order valence-electron chi connectivity index (χ2n) is 3.31. The first-order valence-electron chi connectivity index (χ1n) is 4.73. The molecule has 6 nitrogen and oxygen atoms in total. The normalized spacial score (nSPS) is 15.8. The molecule has 1 fully saturated rings. The Balaban J connectivity index is 1.94. The second kappa shape index (κ2) is 4.44. The molecule has 1 saturated heterocycles. The minimum Gasteiger partial charge on any atom is -0.429 e. The molecule has 2 rings (SSSR count). The Bertz CT molecular complexity index is 418. The van der Waals surface area contributed by atoms with Gasteiger partial charge in [0.1, 0.15) is 6.54 Å². The molecule has 0 aliphatic carbocycles. The van der Waals surface area contributed by atoms with Crippen LogP contribution in [0.1, 0.15) is 0 Å². The van der Waals surface area contributed by atoms with Crippen molar-refractivity contribution in [1.82, 2.24) is 10.2 Å². The number of hydrogen-bond donors (Lipinski definition) is 2. The number of urea groups is 1. The van der Waals surface area contributed by atoms with E-state index in [1.165, 1.54) is 11.0 Å². The van der Waals surface area contributed by atoms with Gasteiger partial charge in [-0.15, -0.1) is 0 Å². The minimum atomic E-state index is -0.374. The molecule has 1 aromatic heterocycles. The highest BCUT2D eigenvalue weighted by atomic mass is 35.5. The van der Waals surface area contributed by atoms with Gasteiger partial charge in [-0.25, -0.2) is 4.79 Å². The fraction of sp³-hybridized carbons (Fsp3) is 0.333. The topological polar surface area (TPSA) is 74.6 Å². The summed E-state index contributed by atoms with van der Waals surface area (Å²) in [6, 6.07) is 2.70. The number of carbonyl (C=O) groups excluding carboxylic acids is 2. The molecule has 0 atom stereocenters. The van der Waals surface area contributed by atoms with Gasteiger partial charge in [0.25, 0.3) is 0 Å². The Hall–Kier alpha value is -1.69. The maximum atomic E-state index is 11.7. The average Bonchev–Trinajstić information content (AvgIpc) is 2.64. The number of carbonyl (C=O) groups is 2. The van der Waals surface area contributed by atoms with Gasteiger partial charge in [-0.1, -0.05) is 0 Å². The third-order valence-electron chi connectivity index (χ3n) is 2.13. The lowest BCUT2D eigenvalue weighted by atomic mass is 10.4. The van der Waals surface area contributed by atoms with Gasteiger partial charge in [-0.3, -0.25) is 10.1 Å². The van der Waals surface area contributed by atoms with Crippen LogP contribution in [-0.2, 0) is 4.79 Å². The van der Waals surface area contributed by atoms with E-state index in [2.05, 4.69) is 10.6 Å². The van der Waals surface area contributed by atoms with Gasteiger partial charge in [-0.05, 0) is 17.7 Å². The van der Waals surface area contributed by atoms with Gasteiger partial charge >= 0.3 is 6.03 Å². The monoisotopic (exact) mass is 243 g/mol. The zero-order chi connectivity index (χ0) is 11.5. The van der Waals surface area contributed by atoms with Crippen LogP contribution in [0.25, 0.3) is 0 Å². The first-order valence-corrected chi connectivity index (χ1v) is 5.11. The van der Waals surface area contributed by atoms with Crippen molar-refractivity contribution in [2.75, 3.05) is 25.0 Å². The molecule has 16 heavy (non-hydrogen) atoms. The average molecular weight is 244 g/mol. The van der Waals surface area contributed by atoms with E-state index in [0.717, 1.165) is 0 Å². The highest BCUT2D eigenvalue weighted by Crippen LogP contribution is 2.17. The largest absolute Gasteiger partial charge is 0.429 e. The molecule has 3 amide bonds. The lowest BCUT2D eigenvalue weighted by Gasteiger charge is -2.26. The molecule has 0 unspecified atom stereocenters. The Morgan fingerprint density at radius 2 is 2.38 bits per heavy atom. The summed E-state index contributed by atoms with van der Waals surface area (Å²) in [6.07, 6.45) is 0. The summed E-state index contributed by atoms with van der Waals surface area (Å²) in [4.78, 5) is 24.1. The first-order chi connectivity index (χ1) is 7.65. The molecular weight excluding hydrogens is 234 g/mol. The second-order valence-corrected chi connectivity index (χ2v) is 3.68. The molecule has 86 valence electrons. The van der Waals surface area contributed by atoms with Gasteiger partial charge in [-0.2, -0.15) is 0 Å². The summed E-state index contributed by atoms with van der Waals surface area (Å²) >= 11 is 5.56. The van der Waals surface area contributed by atoms with E-state index >= 15 is 0 Å². The van der Waals surface area contributed by atoms with E-state index in [1.807, 2.05) is 0 Å². The van der Waals surface area contributed by atoms with Crippen LogP contribution in [0.2, 0.25) is 5.22 Å². The van der Waals surface area contributed by atoms with Crippen molar-refractivity contribution in [1.29, 1.82) is 0 Å². The highest BCUT2D eigenvalue weighted by Gasteiger charge is 2.21. The molecular formula is C9H10ClN3O3. The Kier molecular flexibility index (Phi) is 3.00. The number of hydrogen-bond acceptors (Lipinski definition) is 3.